The van der Waals surface area contributed by atoms with Crippen molar-refractivity contribution in [1.29, 1.82) is 0 Å². The van der Waals surface area contributed by atoms with E-state index in [0.717, 1.165) is 25.2 Å². The van der Waals surface area contributed by atoms with Gasteiger partial charge in [-0.3, -0.25) is 9.80 Å². The minimum absolute atomic E-state index is 0.230. The van der Waals surface area contributed by atoms with Crippen molar-refractivity contribution in [2.75, 3.05) is 31.9 Å². The summed E-state index contributed by atoms with van der Waals surface area (Å²) in [4.78, 5) is 5.07. The maximum atomic E-state index is 13.4. The maximum Gasteiger partial charge on any atom is 0.125 e. The molecule has 20 heavy (non-hydrogen) atoms. The minimum atomic E-state index is -0.230. The van der Waals surface area contributed by atoms with E-state index >= 15 is 0 Å². The van der Waals surface area contributed by atoms with E-state index in [9.17, 15) is 4.39 Å². The van der Waals surface area contributed by atoms with Gasteiger partial charge in [0.2, 0.25) is 0 Å². The molecule has 0 saturated carbocycles. The van der Waals surface area contributed by atoms with E-state index < -0.39 is 0 Å². The van der Waals surface area contributed by atoms with Gasteiger partial charge in [0.1, 0.15) is 5.82 Å². The van der Waals surface area contributed by atoms with Crippen LogP contribution < -0.4 is 5.73 Å². The molecule has 2 saturated heterocycles. The Bertz CT molecular complexity index is 437. The van der Waals surface area contributed by atoms with Crippen molar-refractivity contribution in [1.82, 2.24) is 9.80 Å². The van der Waals surface area contributed by atoms with E-state index in [1.807, 2.05) is 6.07 Å². The van der Waals surface area contributed by atoms with Crippen LogP contribution in [0.15, 0.2) is 18.2 Å². The summed E-state index contributed by atoms with van der Waals surface area (Å²) < 4.78 is 13.4. The number of anilines is 1. The first-order chi connectivity index (χ1) is 9.70. The molecule has 1 atom stereocenters. The van der Waals surface area contributed by atoms with Crippen LogP contribution in [0.4, 0.5) is 10.1 Å². The lowest BCUT2D eigenvalue weighted by atomic mass is 10.1. The zero-order valence-electron chi connectivity index (χ0n) is 12.0. The molecular formula is C16H24FN3. The molecule has 2 heterocycles. The van der Waals surface area contributed by atoms with Gasteiger partial charge in [-0.25, -0.2) is 4.39 Å². The van der Waals surface area contributed by atoms with Crippen LogP contribution in [0, 0.1) is 5.82 Å². The van der Waals surface area contributed by atoms with Crippen LogP contribution >= 0.6 is 0 Å². The molecule has 0 radical (unpaired) electrons. The van der Waals surface area contributed by atoms with Crippen LogP contribution in [0.25, 0.3) is 0 Å². The van der Waals surface area contributed by atoms with Crippen molar-refractivity contribution in [3.05, 3.63) is 29.6 Å². The molecule has 3 rings (SSSR count). The van der Waals surface area contributed by atoms with Gasteiger partial charge in [-0.15, -0.1) is 0 Å². The predicted octanol–water partition coefficient (Wildman–Crippen LogP) is 2.47. The molecule has 2 N–H and O–H groups in total. The average molecular weight is 277 g/mol. The third-order valence-corrected chi connectivity index (χ3v) is 4.54. The highest BCUT2D eigenvalue weighted by molar-refractivity contribution is 5.41. The second kappa shape index (κ2) is 6.10. The summed E-state index contributed by atoms with van der Waals surface area (Å²) in [6.07, 6.45) is 5.31. The number of hydrogen-bond acceptors (Lipinski definition) is 3. The molecule has 4 heteroatoms. The lowest BCUT2D eigenvalue weighted by molar-refractivity contribution is 0.161. The minimum Gasteiger partial charge on any atom is -0.399 e. The van der Waals surface area contributed by atoms with Gasteiger partial charge in [0.25, 0.3) is 0 Å². The summed E-state index contributed by atoms with van der Waals surface area (Å²) in [5, 5.41) is 0. The number of nitrogens with zero attached hydrogens (tertiary/aromatic N) is 2. The number of nitrogens with two attached hydrogens (primary N) is 1. The van der Waals surface area contributed by atoms with Gasteiger partial charge >= 0.3 is 0 Å². The molecule has 2 aliphatic rings. The molecule has 3 nitrogen and oxygen atoms in total. The second-order valence-corrected chi connectivity index (χ2v) is 6.17. The number of likely N-dealkylation sites (tertiary alicyclic amines) is 2. The van der Waals surface area contributed by atoms with E-state index in [1.165, 1.54) is 44.8 Å². The molecule has 110 valence electrons. The Morgan fingerprint density at radius 2 is 1.90 bits per heavy atom. The summed E-state index contributed by atoms with van der Waals surface area (Å²) in [6, 6.07) is 5.56. The van der Waals surface area contributed by atoms with Crippen LogP contribution in [0.2, 0.25) is 0 Å². The molecule has 1 aromatic carbocycles. The number of nitrogen functional groups attached to an aromatic ring is 1. The largest absolute Gasteiger partial charge is 0.399 e. The molecule has 0 aromatic heterocycles. The SMILES string of the molecule is Nc1cc(F)cc(CN2CCC(N3CCCCC3)C2)c1. The Kier molecular flexibility index (Phi) is 4.22. The summed E-state index contributed by atoms with van der Waals surface area (Å²) in [7, 11) is 0. The quantitative estimate of drug-likeness (QED) is 0.862. The normalized spacial score (nSPS) is 25.1. The van der Waals surface area contributed by atoms with E-state index in [1.54, 1.807) is 6.07 Å². The number of piperidine rings is 1. The highest BCUT2D eigenvalue weighted by Gasteiger charge is 2.28. The number of benzene rings is 1. The highest BCUT2D eigenvalue weighted by atomic mass is 19.1. The van der Waals surface area contributed by atoms with Gasteiger partial charge in [-0.1, -0.05) is 6.42 Å². The van der Waals surface area contributed by atoms with Crippen LogP contribution in [0.5, 0.6) is 0 Å². The number of rotatable bonds is 3. The summed E-state index contributed by atoms with van der Waals surface area (Å²) in [5.74, 6) is -0.230. The standard InChI is InChI=1S/C16H24FN3/c17-14-8-13(9-15(18)10-14)11-19-7-4-16(12-19)20-5-2-1-3-6-20/h8-10,16H,1-7,11-12,18H2. The average Bonchev–Trinajstić information content (AvgIpc) is 2.87. The van der Waals surface area contributed by atoms with Gasteiger partial charge in [0, 0.05) is 31.4 Å². The molecule has 2 fully saturated rings. The van der Waals surface area contributed by atoms with Crippen LogP contribution in [-0.2, 0) is 6.54 Å². The molecule has 0 amide bonds. The molecular weight excluding hydrogens is 253 g/mol. The molecule has 0 bridgehead atoms. The van der Waals surface area contributed by atoms with E-state index in [-0.39, 0.29) is 5.82 Å². The molecule has 1 unspecified atom stereocenters. The van der Waals surface area contributed by atoms with Crippen LogP contribution in [-0.4, -0.2) is 42.0 Å². The Labute approximate surface area is 120 Å². The molecule has 0 spiro atoms. The van der Waals surface area contributed by atoms with Crippen molar-refractivity contribution in [3.63, 3.8) is 0 Å². The topological polar surface area (TPSA) is 32.5 Å². The monoisotopic (exact) mass is 277 g/mol. The fourth-order valence-electron chi connectivity index (χ4n) is 3.56. The predicted molar refractivity (Wildman–Crippen MR) is 79.9 cm³/mol. The van der Waals surface area contributed by atoms with Gasteiger partial charge in [-0.05, 0) is 56.1 Å². The van der Waals surface area contributed by atoms with E-state index in [4.69, 9.17) is 5.73 Å². The molecule has 1 aromatic rings. The number of hydrogen-bond donors (Lipinski definition) is 1. The Balaban J connectivity index is 1.57. The van der Waals surface area contributed by atoms with Crippen molar-refractivity contribution < 1.29 is 4.39 Å². The first-order valence-electron chi connectivity index (χ1n) is 7.72. The highest BCUT2D eigenvalue weighted by Crippen LogP contribution is 2.22. The number of halogens is 1. The Morgan fingerprint density at radius 1 is 1.10 bits per heavy atom. The van der Waals surface area contributed by atoms with Crippen LogP contribution in [0.3, 0.4) is 0 Å². The maximum absolute atomic E-state index is 13.4. The van der Waals surface area contributed by atoms with Crippen molar-refractivity contribution in [2.45, 2.75) is 38.3 Å². The first-order valence-corrected chi connectivity index (χ1v) is 7.72. The lowest BCUT2D eigenvalue weighted by Crippen LogP contribution is -2.40. The second-order valence-electron chi connectivity index (χ2n) is 6.17. The summed E-state index contributed by atoms with van der Waals surface area (Å²) in [5.41, 5.74) is 7.22. The van der Waals surface area contributed by atoms with Crippen molar-refractivity contribution in [3.8, 4) is 0 Å². The fourth-order valence-corrected chi connectivity index (χ4v) is 3.56. The van der Waals surface area contributed by atoms with Gasteiger partial charge in [-0.2, -0.15) is 0 Å². The Hall–Kier alpha value is -1.13. The summed E-state index contributed by atoms with van der Waals surface area (Å²) >= 11 is 0. The summed E-state index contributed by atoms with van der Waals surface area (Å²) in [6.45, 7) is 5.54. The van der Waals surface area contributed by atoms with Crippen molar-refractivity contribution >= 4 is 5.69 Å². The zero-order valence-corrected chi connectivity index (χ0v) is 12.0. The third-order valence-electron chi connectivity index (χ3n) is 4.54. The van der Waals surface area contributed by atoms with E-state index in [0.29, 0.717) is 11.7 Å². The van der Waals surface area contributed by atoms with Gasteiger partial charge in [0.15, 0.2) is 0 Å². The van der Waals surface area contributed by atoms with E-state index in [2.05, 4.69) is 9.80 Å². The molecule has 2 aliphatic heterocycles. The first kappa shape index (κ1) is 13.8. The smallest absolute Gasteiger partial charge is 0.125 e. The zero-order chi connectivity index (χ0) is 13.9. The fraction of sp³-hybridized carbons (Fsp3) is 0.625. The van der Waals surface area contributed by atoms with Gasteiger partial charge < -0.3 is 5.73 Å². The lowest BCUT2D eigenvalue weighted by Gasteiger charge is -2.32. The third kappa shape index (κ3) is 3.30. The molecule has 0 aliphatic carbocycles. The van der Waals surface area contributed by atoms with Crippen LogP contribution in [0.1, 0.15) is 31.2 Å². The Morgan fingerprint density at radius 3 is 2.65 bits per heavy atom. The van der Waals surface area contributed by atoms with Gasteiger partial charge in [0.05, 0.1) is 0 Å². The van der Waals surface area contributed by atoms with Crippen molar-refractivity contribution in [2.24, 2.45) is 0 Å².